The van der Waals surface area contributed by atoms with E-state index in [4.69, 9.17) is 4.74 Å². The van der Waals surface area contributed by atoms with Crippen molar-refractivity contribution in [2.75, 3.05) is 52.9 Å². The van der Waals surface area contributed by atoms with E-state index in [9.17, 15) is 14.0 Å². The Labute approximate surface area is 200 Å². The van der Waals surface area contributed by atoms with Crippen molar-refractivity contribution in [1.29, 1.82) is 0 Å². The minimum Gasteiger partial charge on any atom is -0.492 e. The fraction of sp³-hybridized carbons (Fsp3) is 0.462. The van der Waals surface area contributed by atoms with Crippen molar-refractivity contribution in [2.45, 2.75) is 25.4 Å². The molecule has 2 heterocycles. The smallest absolute Gasteiger partial charge is 0.253 e. The zero-order chi connectivity index (χ0) is 23.9. The van der Waals surface area contributed by atoms with Gasteiger partial charge in [-0.15, -0.1) is 0 Å². The number of carbonyl (C=O) groups excluding carboxylic acids is 2. The Morgan fingerprint density at radius 2 is 1.91 bits per heavy atom. The number of nitrogens with one attached hydrogen (secondary N) is 1. The maximum absolute atomic E-state index is 13.1. The summed E-state index contributed by atoms with van der Waals surface area (Å²) in [5.74, 6) is 0.617. The Morgan fingerprint density at radius 1 is 1.15 bits per heavy atom. The van der Waals surface area contributed by atoms with Gasteiger partial charge in [0.1, 0.15) is 18.2 Å². The minimum absolute atomic E-state index is 0.0482. The molecule has 0 aliphatic carbocycles. The van der Waals surface area contributed by atoms with E-state index in [0.717, 1.165) is 44.9 Å². The van der Waals surface area contributed by atoms with Crippen LogP contribution < -0.4 is 10.1 Å². The molecule has 2 amide bonds. The summed E-state index contributed by atoms with van der Waals surface area (Å²) in [5.41, 5.74) is 1.70. The summed E-state index contributed by atoms with van der Waals surface area (Å²) in [6, 6.07) is 14.1. The van der Waals surface area contributed by atoms with Gasteiger partial charge >= 0.3 is 0 Å². The number of hydrogen-bond acceptors (Lipinski definition) is 5. The third-order valence-electron chi connectivity index (χ3n) is 6.39. The van der Waals surface area contributed by atoms with E-state index in [2.05, 4.69) is 34.3 Å². The summed E-state index contributed by atoms with van der Waals surface area (Å²) in [6.45, 7) is 5.90. The van der Waals surface area contributed by atoms with Gasteiger partial charge < -0.3 is 19.9 Å². The second kappa shape index (κ2) is 11.4. The molecule has 2 fully saturated rings. The van der Waals surface area contributed by atoms with E-state index in [1.54, 1.807) is 0 Å². The van der Waals surface area contributed by atoms with Gasteiger partial charge in [-0.25, -0.2) is 4.39 Å². The standard InChI is InChI=1S/C26H33FN4O3/c1-29(19-23-9-10-25(32)28-23)18-20-3-2-4-24(17-20)34-16-15-30-11-13-31(14-12-30)26(33)21-5-7-22(27)8-6-21/h2-8,17,23H,9-16,18-19H2,1H3,(H,28,32)/t23-/m0/s1. The number of nitrogens with zero attached hydrogens (tertiary/aromatic N) is 3. The molecule has 182 valence electrons. The predicted molar refractivity (Wildman–Crippen MR) is 128 cm³/mol. The summed E-state index contributed by atoms with van der Waals surface area (Å²) in [6.07, 6.45) is 1.53. The van der Waals surface area contributed by atoms with Crippen LogP contribution in [0.25, 0.3) is 0 Å². The molecule has 8 heteroatoms. The second-order valence-electron chi connectivity index (χ2n) is 9.14. The summed E-state index contributed by atoms with van der Waals surface area (Å²) in [7, 11) is 2.07. The minimum atomic E-state index is -0.335. The highest BCUT2D eigenvalue weighted by Crippen LogP contribution is 2.16. The van der Waals surface area contributed by atoms with Gasteiger partial charge in [-0.05, 0) is 55.4 Å². The van der Waals surface area contributed by atoms with Crippen molar-refractivity contribution in [1.82, 2.24) is 20.0 Å². The third-order valence-corrected chi connectivity index (χ3v) is 6.39. The molecule has 34 heavy (non-hydrogen) atoms. The Balaban J connectivity index is 1.17. The lowest BCUT2D eigenvalue weighted by Gasteiger charge is -2.34. The molecule has 2 aliphatic heterocycles. The summed E-state index contributed by atoms with van der Waals surface area (Å²) < 4.78 is 19.1. The maximum atomic E-state index is 13.1. The van der Waals surface area contributed by atoms with Crippen molar-refractivity contribution in [3.63, 3.8) is 0 Å². The average molecular weight is 469 g/mol. The first-order valence-electron chi connectivity index (χ1n) is 11.9. The molecular weight excluding hydrogens is 435 g/mol. The zero-order valence-electron chi connectivity index (χ0n) is 19.7. The van der Waals surface area contributed by atoms with Crippen molar-refractivity contribution >= 4 is 11.8 Å². The normalized spacial score (nSPS) is 18.9. The maximum Gasteiger partial charge on any atom is 0.253 e. The number of ether oxygens (including phenoxy) is 1. The first kappa shape index (κ1) is 24.2. The first-order valence-corrected chi connectivity index (χ1v) is 11.9. The molecule has 0 saturated carbocycles. The van der Waals surface area contributed by atoms with E-state index in [0.29, 0.717) is 31.7 Å². The first-order chi connectivity index (χ1) is 16.5. The van der Waals surface area contributed by atoms with Gasteiger partial charge in [-0.3, -0.25) is 14.5 Å². The number of amides is 2. The SMILES string of the molecule is CN(Cc1cccc(OCCN2CCN(C(=O)c3ccc(F)cc3)CC2)c1)C[C@@H]1CCC(=O)N1. The number of likely N-dealkylation sites (N-methyl/N-ethyl adjacent to an activating group) is 1. The molecule has 4 rings (SSSR count). The molecule has 2 aromatic rings. The fourth-order valence-electron chi connectivity index (χ4n) is 4.54. The van der Waals surface area contributed by atoms with E-state index >= 15 is 0 Å². The lowest BCUT2D eigenvalue weighted by molar-refractivity contribution is -0.119. The predicted octanol–water partition coefficient (Wildman–Crippen LogP) is 2.37. The van der Waals surface area contributed by atoms with Crippen molar-refractivity contribution < 1.29 is 18.7 Å². The molecule has 0 spiro atoms. The van der Waals surface area contributed by atoms with Gasteiger partial charge in [0.25, 0.3) is 5.91 Å². The Kier molecular flexibility index (Phi) is 8.13. The highest BCUT2D eigenvalue weighted by atomic mass is 19.1. The molecular formula is C26H33FN4O3. The molecule has 2 aromatic carbocycles. The van der Waals surface area contributed by atoms with Crippen molar-refractivity contribution in [2.24, 2.45) is 0 Å². The van der Waals surface area contributed by atoms with Gasteiger partial charge in [0.15, 0.2) is 0 Å². The van der Waals surface area contributed by atoms with E-state index in [-0.39, 0.29) is 23.7 Å². The highest BCUT2D eigenvalue weighted by Gasteiger charge is 2.23. The van der Waals surface area contributed by atoms with Crippen LogP contribution in [0.4, 0.5) is 4.39 Å². The number of carbonyl (C=O) groups is 2. The lowest BCUT2D eigenvalue weighted by atomic mass is 10.1. The van der Waals surface area contributed by atoms with Gasteiger partial charge in [-0.1, -0.05) is 12.1 Å². The molecule has 2 saturated heterocycles. The molecule has 0 bridgehead atoms. The monoisotopic (exact) mass is 468 g/mol. The van der Waals surface area contributed by atoms with Crippen LogP contribution >= 0.6 is 0 Å². The number of rotatable bonds is 9. The lowest BCUT2D eigenvalue weighted by Crippen LogP contribution is -2.49. The van der Waals surface area contributed by atoms with Crippen LogP contribution in [0, 0.1) is 5.82 Å². The molecule has 0 unspecified atom stereocenters. The number of hydrogen-bond donors (Lipinski definition) is 1. The van der Waals surface area contributed by atoms with Gasteiger partial charge in [-0.2, -0.15) is 0 Å². The van der Waals surface area contributed by atoms with E-state index in [1.165, 1.54) is 29.8 Å². The summed E-state index contributed by atoms with van der Waals surface area (Å²) >= 11 is 0. The van der Waals surface area contributed by atoms with Crippen LogP contribution in [-0.2, 0) is 11.3 Å². The highest BCUT2D eigenvalue weighted by molar-refractivity contribution is 5.94. The quantitative estimate of drug-likeness (QED) is 0.612. The van der Waals surface area contributed by atoms with Crippen LogP contribution in [0.2, 0.25) is 0 Å². The van der Waals surface area contributed by atoms with Crippen LogP contribution in [0.1, 0.15) is 28.8 Å². The number of benzene rings is 2. The van der Waals surface area contributed by atoms with Gasteiger partial charge in [0.2, 0.25) is 5.91 Å². The van der Waals surface area contributed by atoms with E-state index < -0.39 is 0 Å². The largest absolute Gasteiger partial charge is 0.492 e. The topological polar surface area (TPSA) is 65.1 Å². The molecule has 0 radical (unpaired) electrons. The molecule has 0 aromatic heterocycles. The van der Waals surface area contributed by atoms with Gasteiger partial charge in [0.05, 0.1) is 0 Å². The molecule has 2 aliphatic rings. The summed E-state index contributed by atoms with van der Waals surface area (Å²) in [5, 5.41) is 3.01. The average Bonchev–Trinajstić information content (AvgIpc) is 3.24. The van der Waals surface area contributed by atoms with Crippen molar-refractivity contribution in [3.05, 3.63) is 65.5 Å². The second-order valence-corrected chi connectivity index (χ2v) is 9.14. The molecule has 1 N–H and O–H groups in total. The molecule has 1 atom stereocenters. The van der Waals surface area contributed by atoms with E-state index in [1.807, 2.05) is 17.0 Å². The number of halogens is 1. The van der Waals surface area contributed by atoms with Crippen LogP contribution in [0.3, 0.4) is 0 Å². The van der Waals surface area contributed by atoms with Gasteiger partial charge in [0, 0.05) is 63.8 Å². The molecule has 7 nitrogen and oxygen atoms in total. The van der Waals surface area contributed by atoms with Crippen LogP contribution in [-0.4, -0.2) is 85.5 Å². The fourth-order valence-corrected chi connectivity index (χ4v) is 4.54. The summed E-state index contributed by atoms with van der Waals surface area (Å²) in [4.78, 5) is 30.3. The van der Waals surface area contributed by atoms with Crippen molar-refractivity contribution in [3.8, 4) is 5.75 Å². The van der Waals surface area contributed by atoms with Crippen LogP contribution in [0.5, 0.6) is 5.75 Å². The Hall–Kier alpha value is -2.97. The Morgan fingerprint density at radius 3 is 2.62 bits per heavy atom. The Bertz CT molecular complexity index is 976. The van der Waals surface area contributed by atoms with Crippen LogP contribution in [0.15, 0.2) is 48.5 Å². The zero-order valence-corrected chi connectivity index (χ0v) is 19.7. The number of piperazine rings is 1. The third kappa shape index (κ3) is 6.77.